The van der Waals surface area contributed by atoms with Crippen molar-refractivity contribution in [1.29, 1.82) is 0 Å². The summed E-state index contributed by atoms with van der Waals surface area (Å²) in [5.74, 6) is 1.47. The molecule has 1 heterocycles. The number of nitrogen functional groups attached to an aromatic ring is 1. The van der Waals surface area contributed by atoms with Gasteiger partial charge in [0.25, 0.3) is 0 Å². The van der Waals surface area contributed by atoms with Gasteiger partial charge in [-0.1, -0.05) is 6.92 Å². The molecule has 0 amide bonds. The SMILES string of the molecule is CCCc1nc(N)cc(Oc2ccc(F)cc2Br)n1. The molecular weight excluding hydrogens is 313 g/mol. The number of halogens is 2. The van der Waals surface area contributed by atoms with E-state index < -0.39 is 0 Å². The summed E-state index contributed by atoms with van der Waals surface area (Å²) < 4.78 is 19.1. The highest BCUT2D eigenvalue weighted by Crippen LogP contribution is 2.29. The van der Waals surface area contributed by atoms with Crippen LogP contribution < -0.4 is 10.5 Å². The fourth-order valence-electron chi connectivity index (χ4n) is 1.55. The van der Waals surface area contributed by atoms with Crippen LogP contribution in [-0.4, -0.2) is 9.97 Å². The summed E-state index contributed by atoms with van der Waals surface area (Å²) in [6.45, 7) is 2.03. The largest absolute Gasteiger partial charge is 0.438 e. The molecule has 1 aromatic carbocycles. The lowest BCUT2D eigenvalue weighted by Crippen LogP contribution is -2.01. The van der Waals surface area contributed by atoms with Crippen LogP contribution in [0.15, 0.2) is 28.7 Å². The monoisotopic (exact) mass is 325 g/mol. The number of benzene rings is 1. The number of ether oxygens (including phenoxy) is 1. The molecule has 0 saturated heterocycles. The molecule has 100 valence electrons. The molecule has 1 aromatic heterocycles. The van der Waals surface area contributed by atoms with E-state index in [-0.39, 0.29) is 5.82 Å². The fourth-order valence-corrected chi connectivity index (χ4v) is 1.98. The van der Waals surface area contributed by atoms with Crippen LogP contribution in [0.2, 0.25) is 0 Å². The first kappa shape index (κ1) is 13.7. The maximum absolute atomic E-state index is 13.0. The highest BCUT2D eigenvalue weighted by atomic mass is 79.9. The number of anilines is 1. The van der Waals surface area contributed by atoms with Crippen molar-refractivity contribution >= 4 is 21.7 Å². The molecule has 0 radical (unpaired) electrons. The third-order valence-corrected chi connectivity index (χ3v) is 2.97. The Bertz CT molecular complexity index is 592. The summed E-state index contributed by atoms with van der Waals surface area (Å²) in [6.07, 6.45) is 1.65. The predicted molar refractivity (Wildman–Crippen MR) is 74.6 cm³/mol. The molecule has 0 fully saturated rings. The molecule has 0 atom stereocenters. The number of aromatic nitrogens is 2. The van der Waals surface area contributed by atoms with E-state index >= 15 is 0 Å². The average Bonchev–Trinajstić information content (AvgIpc) is 2.32. The predicted octanol–water partition coefficient (Wildman–Crippen LogP) is 3.71. The Morgan fingerprint density at radius 3 is 2.79 bits per heavy atom. The van der Waals surface area contributed by atoms with E-state index in [9.17, 15) is 4.39 Å². The lowest BCUT2D eigenvalue weighted by molar-refractivity contribution is 0.454. The smallest absolute Gasteiger partial charge is 0.224 e. The van der Waals surface area contributed by atoms with Gasteiger partial charge >= 0.3 is 0 Å². The van der Waals surface area contributed by atoms with Crippen molar-refractivity contribution in [2.24, 2.45) is 0 Å². The van der Waals surface area contributed by atoms with Crippen molar-refractivity contribution in [2.45, 2.75) is 19.8 Å². The van der Waals surface area contributed by atoms with Gasteiger partial charge in [0, 0.05) is 12.5 Å². The number of aryl methyl sites for hydroxylation is 1. The normalized spacial score (nSPS) is 10.5. The summed E-state index contributed by atoms with van der Waals surface area (Å²) in [5.41, 5.74) is 5.70. The number of hydrogen-bond acceptors (Lipinski definition) is 4. The molecule has 2 rings (SSSR count). The van der Waals surface area contributed by atoms with Crippen molar-refractivity contribution in [3.63, 3.8) is 0 Å². The summed E-state index contributed by atoms with van der Waals surface area (Å²) in [4.78, 5) is 8.37. The molecule has 0 unspecified atom stereocenters. The first-order chi connectivity index (χ1) is 9.08. The van der Waals surface area contributed by atoms with Crippen molar-refractivity contribution in [1.82, 2.24) is 9.97 Å². The molecular formula is C13H13BrFN3O. The highest BCUT2D eigenvalue weighted by Gasteiger charge is 2.08. The van der Waals surface area contributed by atoms with Crippen molar-refractivity contribution in [3.05, 3.63) is 40.4 Å². The van der Waals surface area contributed by atoms with Crippen molar-refractivity contribution in [2.75, 3.05) is 5.73 Å². The molecule has 0 aliphatic rings. The van der Waals surface area contributed by atoms with E-state index in [2.05, 4.69) is 25.9 Å². The van der Waals surface area contributed by atoms with Gasteiger partial charge in [0.2, 0.25) is 5.88 Å². The first-order valence-electron chi connectivity index (χ1n) is 5.85. The molecule has 4 nitrogen and oxygen atoms in total. The van der Waals surface area contributed by atoms with Crippen LogP contribution in [0.3, 0.4) is 0 Å². The summed E-state index contributed by atoms with van der Waals surface area (Å²) in [7, 11) is 0. The zero-order valence-corrected chi connectivity index (χ0v) is 11.9. The summed E-state index contributed by atoms with van der Waals surface area (Å²) >= 11 is 3.23. The van der Waals surface area contributed by atoms with Crippen LogP contribution in [0, 0.1) is 5.82 Å². The summed E-state index contributed by atoms with van der Waals surface area (Å²) in [5, 5.41) is 0. The second-order valence-corrected chi connectivity index (χ2v) is 4.83. The Kier molecular flexibility index (Phi) is 4.31. The lowest BCUT2D eigenvalue weighted by Gasteiger charge is -2.08. The third-order valence-electron chi connectivity index (χ3n) is 2.35. The van der Waals surface area contributed by atoms with Gasteiger partial charge in [0.15, 0.2) is 0 Å². The Balaban J connectivity index is 2.27. The van der Waals surface area contributed by atoms with E-state index in [0.29, 0.717) is 27.7 Å². The van der Waals surface area contributed by atoms with Gasteiger partial charge in [-0.2, -0.15) is 4.98 Å². The van der Waals surface area contributed by atoms with Crippen LogP contribution in [0.4, 0.5) is 10.2 Å². The van der Waals surface area contributed by atoms with Gasteiger partial charge in [0.1, 0.15) is 23.2 Å². The highest BCUT2D eigenvalue weighted by molar-refractivity contribution is 9.10. The van der Waals surface area contributed by atoms with E-state index in [1.54, 1.807) is 0 Å². The van der Waals surface area contributed by atoms with Crippen LogP contribution in [0.5, 0.6) is 11.6 Å². The molecule has 0 aliphatic heterocycles. The van der Waals surface area contributed by atoms with Crippen molar-refractivity contribution < 1.29 is 9.13 Å². The van der Waals surface area contributed by atoms with E-state index in [0.717, 1.165) is 12.8 Å². The number of nitrogens with two attached hydrogens (primary N) is 1. The van der Waals surface area contributed by atoms with Gasteiger partial charge in [0.05, 0.1) is 4.47 Å². The van der Waals surface area contributed by atoms with E-state index in [1.807, 2.05) is 6.92 Å². The molecule has 19 heavy (non-hydrogen) atoms. The minimum atomic E-state index is -0.340. The minimum absolute atomic E-state index is 0.340. The maximum atomic E-state index is 13.0. The zero-order chi connectivity index (χ0) is 13.8. The van der Waals surface area contributed by atoms with Crippen LogP contribution in [0.25, 0.3) is 0 Å². The minimum Gasteiger partial charge on any atom is -0.438 e. The zero-order valence-electron chi connectivity index (χ0n) is 10.4. The molecule has 0 saturated carbocycles. The number of hydrogen-bond donors (Lipinski definition) is 1. The van der Waals surface area contributed by atoms with Gasteiger partial charge in [-0.3, -0.25) is 0 Å². The quantitative estimate of drug-likeness (QED) is 0.930. The van der Waals surface area contributed by atoms with E-state index in [4.69, 9.17) is 10.5 Å². The maximum Gasteiger partial charge on any atom is 0.224 e. The second-order valence-electron chi connectivity index (χ2n) is 3.97. The Morgan fingerprint density at radius 1 is 1.32 bits per heavy atom. The van der Waals surface area contributed by atoms with Gasteiger partial charge < -0.3 is 10.5 Å². The van der Waals surface area contributed by atoms with Gasteiger partial charge in [-0.05, 0) is 40.5 Å². The van der Waals surface area contributed by atoms with Gasteiger partial charge in [-0.15, -0.1) is 0 Å². The summed E-state index contributed by atoms with van der Waals surface area (Å²) in [6, 6.07) is 5.70. The molecule has 0 spiro atoms. The number of nitrogens with zero attached hydrogens (tertiary/aromatic N) is 2. The van der Waals surface area contributed by atoms with Crippen LogP contribution in [-0.2, 0) is 6.42 Å². The van der Waals surface area contributed by atoms with Crippen LogP contribution >= 0.6 is 15.9 Å². The standard InChI is InChI=1S/C13H13BrFN3O/c1-2-3-12-17-11(16)7-13(18-12)19-10-5-4-8(15)6-9(10)14/h4-7H,2-3H2,1H3,(H2,16,17,18). The average molecular weight is 326 g/mol. The molecule has 2 aromatic rings. The Labute approximate surface area is 119 Å². The molecule has 6 heteroatoms. The topological polar surface area (TPSA) is 61.0 Å². The van der Waals surface area contributed by atoms with Crippen LogP contribution in [0.1, 0.15) is 19.2 Å². The molecule has 0 bridgehead atoms. The van der Waals surface area contributed by atoms with Crippen molar-refractivity contribution in [3.8, 4) is 11.6 Å². The first-order valence-corrected chi connectivity index (χ1v) is 6.64. The Morgan fingerprint density at radius 2 is 2.11 bits per heavy atom. The fraction of sp³-hybridized carbons (Fsp3) is 0.231. The Hall–Kier alpha value is -1.69. The number of rotatable bonds is 4. The lowest BCUT2D eigenvalue weighted by atomic mass is 10.3. The van der Waals surface area contributed by atoms with E-state index in [1.165, 1.54) is 24.3 Å². The molecule has 0 aliphatic carbocycles. The van der Waals surface area contributed by atoms with Gasteiger partial charge in [-0.25, -0.2) is 9.37 Å². The third kappa shape index (κ3) is 3.64. The molecule has 2 N–H and O–H groups in total. The second kappa shape index (κ2) is 5.97.